The van der Waals surface area contributed by atoms with Crippen molar-refractivity contribution in [1.82, 2.24) is 19.9 Å². The number of halogens is 1. The molecule has 1 saturated carbocycles. The zero-order valence-electron chi connectivity index (χ0n) is 17.1. The second-order valence-electron chi connectivity index (χ2n) is 8.20. The van der Waals surface area contributed by atoms with Gasteiger partial charge in [-0.15, -0.1) is 0 Å². The van der Waals surface area contributed by atoms with Gasteiger partial charge in [0, 0.05) is 42.4 Å². The van der Waals surface area contributed by atoms with Crippen LogP contribution in [0.15, 0.2) is 42.7 Å². The van der Waals surface area contributed by atoms with Crippen molar-refractivity contribution in [3.63, 3.8) is 0 Å². The summed E-state index contributed by atoms with van der Waals surface area (Å²) in [6, 6.07) is 7.21. The Hall–Kier alpha value is -3.19. The maximum atomic E-state index is 12.9. The standard InChI is InChI=1S/C23H22ClN5O2/c1-13-12-29(23(31)15-4-7-25-19(24)10-15)9-6-16(13)18-11-20(28-22(30)14-2-3-14)27-21-17(18)5-8-26-21/h4-8,10-11,13-14H,2-3,9,12H2,1H3,(H2,26,27,28,30)/t13-/m1/s1. The Balaban J connectivity index is 1.44. The van der Waals surface area contributed by atoms with Crippen LogP contribution in [0, 0.1) is 11.8 Å². The Morgan fingerprint density at radius 2 is 2.10 bits per heavy atom. The van der Waals surface area contributed by atoms with E-state index in [1.807, 2.05) is 23.2 Å². The zero-order valence-corrected chi connectivity index (χ0v) is 17.8. The van der Waals surface area contributed by atoms with Crippen LogP contribution in [-0.2, 0) is 4.79 Å². The van der Waals surface area contributed by atoms with Crippen LogP contribution in [0.2, 0.25) is 5.15 Å². The monoisotopic (exact) mass is 435 g/mol. The number of fused-ring (bicyclic) bond motifs is 1. The third kappa shape index (κ3) is 3.93. The Morgan fingerprint density at radius 1 is 1.26 bits per heavy atom. The number of H-pyrrole nitrogens is 1. The van der Waals surface area contributed by atoms with E-state index in [9.17, 15) is 9.59 Å². The number of pyridine rings is 2. The van der Waals surface area contributed by atoms with Gasteiger partial charge in [0.1, 0.15) is 16.6 Å². The van der Waals surface area contributed by atoms with Crippen molar-refractivity contribution in [1.29, 1.82) is 0 Å². The van der Waals surface area contributed by atoms with Crippen molar-refractivity contribution in [2.45, 2.75) is 19.8 Å². The molecule has 8 heteroatoms. The third-order valence-electron chi connectivity index (χ3n) is 5.86. The summed E-state index contributed by atoms with van der Waals surface area (Å²) in [6.07, 6.45) is 7.37. The van der Waals surface area contributed by atoms with Gasteiger partial charge in [-0.1, -0.05) is 24.6 Å². The highest BCUT2D eigenvalue weighted by Crippen LogP contribution is 2.35. The first-order valence-electron chi connectivity index (χ1n) is 10.4. The number of hydrogen-bond donors (Lipinski definition) is 2. The Labute approximate surface area is 184 Å². The fraction of sp³-hybridized carbons (Fsp3) is 0.304. The van der Waals surface area contributed by atoms with E-state index in [0.29, 0.717) is 29.6 Å². The molecule has 31 heavy (non-hydrogen) atoms. The van der Waals surface area contributed by atoms with Gasteiger partial charge in [0.05, 0.1) is 0 Å². The number of aromatic nitrogens is 3. The molecule has 0 aromatic carbocycles. The minimum Gasteiger partial charge on any atom is -0.346 e. The molecular weight excluding hydrogens is 414 g/mol. The molecule has 158 valence electrons. The van der Waals surface area contributed by atoms with Crippen LogP contribution in [0.4, 0.5) is 5.82 Å². The molecule has 2 N–H and O–H groups in total. The second-order valence-corrected chi connectivity index (χ2v) is 8.58. The van der Waals surface area contributed by atoms with Crippen LogP contribution in [0.1, 0.15) is 35.7 Å². The smallest absolute Gasteiger partial charge is 0.254 e. The van der Waals surface area contributed by atoms with Gasteiger partial charge in [0.25, 0.3) is 5.91 Å². The van der Waals surface area contributed by atoms with Crippen molar-refractivity contribution in [3.8, 4) is 0 Å². The predicted octanol–water partition coefficient (Wildman–Crippen LogP) is 4.14. The normalized spacial score (nSPS) is 18.7. The number of nitrogens with one attached hydrogen (secondary N) is 2. The summed E-state index contributed by atoms with van der Waals surface area (Å²) in [4.78, 5) is 38.6. The lowest BCUT2D eigenvalue weighted by Gasteiger charge is -2.32. The minimum atomic E-state index is -0.0645. The third-order valence-corrected chi connectivity index (χ3v) is 6.06. The maximum absolute atomic E-state index is 12.9. The van der Waals surface area contributed by atoms with Crippen molar-refractivity contribution < 1.29 is 9.59 Å². The van der Waals surface area contributed by atoms with Crippen LogP contribution < -0.4 is 5.32 Å². The van der Waals surface area contributed by atoms with E-state index >= 15 is 0 Å². The minimum absolute atomic E-state index is 0.0304. The van der Waals surface area contributed by atoms with Crippen LogP contribution >= 0.6 is 11.6 Å². The number of hydrogen-bond acceptors (Lipinski definition) is 4. The zero-order chi connectivity index (χ0) is 21.5. The first-order chi connectivity index (χ1) is 15.0. The van der Waals surface area contributed by atoms with E-state index in [2.05, 4.69) is 33.3 Å². The molecule has 1 atom stereocenters. The summed E-state index contributed by atoms with van der Waals surface area (Å²) in [5, 5.41) is 4.26. The number of rotatable bonds is 4. The van der Waals surface area contributed by atoms with Gasteiger partial charge >= 0.3 is 0 Å². The summed E-state index contributed by atoms with van der Waals surface area (Å²) >= 11 is 5.95. The Kier molecular flexibility index (Phi) is 4.98. The molecule has 0 bridgehead atoms. The second kappa shape index (κ2) is 7.81. The van der Waals surface area contributed by atoms with Crippen molar-refractivity contribution in [2.75, 3.05) is 18.4 Å². The molecule has 2 aliphatic rings. The molecule has 4 heterocycles. The molecule has 1 fully saturated rings. The first kappa shape index (κ1) is 19.8. The van der Waals surface area contributed by atoms with Crippen molar-refractivity contribution in [3.05, 3.63) is 59.0 Å². The molecule has 0 spiro atoms. The lowest BCUT2D eigenvalue weighted by molar-refractivity contribution is -0.117. The summed E-state index contributed by atoms with van der Waals surface area (Å²) < 4.78 is 0. The van der Waals surface area contributed by atoms with Crippen LogP contribution in [-0.4, -0.2) is 44.8 Å². The lowest BCUT2D eigenvalue weighted by atomic mass is 9.89. The average molecular weight is 436 g/mol. The summed E-state index contributed by atoms with van der Waals surface area (Å²) in [6.45, 7) is 3.19. The Bertz CT molecular complexity index is 1210. The van der Waals surface area contributed by atoms with E-state index in [0.717, 1.165) is 35.0 Å². The summed E-state index contributed by atoms with van der Waals surface area (Å²) in [7, 11) is 0. The van der Waals surface area contributed by atoms with Crippen LogP contribution in [0.25, 0.3) is 16.6 Å². The SMILES string of the molecule is C[C@@H]1CN(C(=O)c2ccnc(Cl)c2)CC=C1c1cc(NC(=O)C2CC2)nc2[nH]ccc12. The lowest BCUT2D eigenvalue weighted by Crippen LogP contribution is -2.38. The van der Waals surface area contributed by atoms with Gasteiger partial charge in [-0.05, 0) is 54.2 Å². The van der Waals surface area contributed by atoms with E-state index in [4.69, 9.17) is 11.6 Å². The number of carbonyl (C=O) groups is 2. The fourth-order valence-corrected chi connectivity index (χ4v) is 4.26. The molecule has 2 amide bonds. The van der Waals surface area contributed by atoms with Gasteiger partial charge < -0.3 is 15.2 Å². The van der Waals surface area contributed by atoms with E-state index < -0.39 is 0 Å². The number of carbonyl (C=O) groups excluding carboxylic acids is 2. The molecular formula is C23H22ClN5O2. The van der Waals surface area contributed by atoms with Crippen LogP contribution in [0.3, 0.4) is 0 Å². The van der Waals surface area contributed by atoms with Gasteiger partial charge in [-0.25, -0.2) is 9.97 Å². The number of anilines is 1. The predicted molar refractivity (Wildman–Crippen MR) is 120 cm³/mol. The molecule has 5 rings (SSSR count). The molecule has 7 nitrogen and oxygen atoms in total. The molecule has 0 radical (unpaired) electrons. The van der Waals surface area contributed by atoms with Crippen molar-refractivity contribution in [2.24, 2.45) is 11.8 Å². The highest BCUT2D eigenvalue weighted by atomic mass is 35.5. The topological polar surface area (TPSA) is 91.0 Å². The van der Waals surface area contributed by atoms with Crippen LogP contribution in [0.5, 0.6) is 0 Å². The van der Waals surface area contributed by atoms with Gasteiger partial charge in [0.15, 0.2) is 0 Å². The molecule has 3 aromatic rings. The van der Waals surface area contributed by atoms with E-state index in [1.54, 1.807) is 18.3 Å². The highest BCUT2D eigenvalue weighted by Gasteiger charge is 2.30. The van der Waals surface area contributed by atoms with E-state index in [-0.39, 0.29) is 23.7 Å². The molecule has 1 aliphatic carbocycles. The molecule has 0 unspecified atom stereocenters. The maximum Gasteiger partial charge on any atom is 0.254 e. The largest absolute Gasteiger partial charge is 0.346 e. The molecule has 3 aromatic heterocycles. The quantitative estimate of drug-likeness (QED) is 0.602. The number of amides is 2. The number of nitrogens with zero attached hydrogens (tertiary/aromatic N) is 3. The highest BCUT2D eigenvalue weighted by molar-refractivity contribution is 6.29. The summed E-state index contributed by atoms with van der Waals surface area (Å²) in [5.41, 5.74) is 3.45. The molecule has 0 saturated heterocycles. The average Bonchev–Trinajstić information content (AvgIpc) is 3.51. The number of aromatic amines is 1. The van der Waals surface area contributed by atoms with Gasteiger partial charge in [-0.3, -0.25) is 9.59 Å². The first-order valence-corrected chi connectivity index (χ1v) is 10.8. The van der Waals surface area contributed by atoms with E-state index in [1.165, 1.54) is 0 Å². The fourth-order valence-electron chi connectivity index (χ4n) is 4.09. The molecule has 1 aliphatic heterocycles. The van der Waals surface area contributed by atoms with Crippen molar-refractivity contribution >= 4 is 45.8 Å². The summed E-state index contributed by atoms with van der Waals surface area (Å²) in [5.74, 6) is 0.745. The van der Waals surface area contributed by atoms with Gasteiger partial charge in [-0.2, -0.15) is 0 Å². The Morgan fingerprint density at radius 3 is 2.84 bits per heavy atom. The van der Waals surface area contributed by atoms with Gasteiger partial charge in [0.2, 0.25) is 5.91 Å².